The van der Waals surface area contributed by atoms with Gasteiger partial charge in [0.15, 0.2) is 5.78 Å². The van der Waals surface area contributed by atoms with Gasteiger partial charge in [-0.3, -0.25) is 9.59 Å². The van der Waals surface area contributed by atoms with Gasteiger partial charge in [-0.2, -0.15) is 0 Å². The Morgan fingerprint density at radius 1 is 1.34 bits per heavy atom. The lowest BCUT2D eigenvalue weighted by Gasteiger charge is -2.28. The molecular formula is C22H21NO6. The number of phenols is 1. The van der Waals surface area contributed by atoms with Gasteiger partial charge in [-0.05, 0) is 44.9 Å². The first-order valence-corrected chi connectivity index (χ1v) is 9.74. The minimum Gasteiger partial charge on any atom is -0.507 e. The molecule has 1 aliphatic carbocycles. The van der Waals surface area contributed by atoms with Crippen LogP contribution in [0.4, 0.5) is 0 Å². The zero-order valence-electron chi connectivity index (χ0n) is 16.1. The predicted octanol–water partition coefficient (Wildman–Crippen LogP) is 3.33. The third-order valence-corrected chi connectivity index (χ3v) is 6.21. The van der Waals surface area contributed by atoms with Crippen LogP contribution in [0.5, 0.6) is 5.75 Å². The number of carboxylic acids is 1. The quantitative estimate of drug-likeness (QED) is 0.736. The van der Waals surface area contributed by atoms with E-state index < -0.39 is 18.2 Å². The number of aromatic hydroxyl groups is 1. The first-order chi connectivity index (χ1) is 13.8. The second kappa shape index (κ2) is 5.97. The highest BCUT2D eigenvalue weighted by atomic mass is 16.5. The van der Waals surface area contributed by atoms with E-state index in [0.29, 0.717) is 22.3 Å². The standard InChI is InChI=1S/C22H21NO6/c1-9(24)14-4-5-15-12-3-6-16(25)20-19(12)21(23(14)15)13-7-11(8-17(26)27)29-10(2)18(13)22(20)28/h3,6-7,9-10,14,24,28H,4-5,8H2,1-2H3,(H,26,27)/t9-,10+,14+/m1/s1. The normalized spacial score (nSPS) is 22.9. The number of ketones is 1. The predicted molar refractivity (Wildman–Crippen MR) is 106 cm³/mol. The van der Waals surface area contributed by atoms with Crippen molar-refractivity contribution >= 4 is 34.8 Å². The number of hydrogen-bond donors (Lipinski definition) is 3. The smallest absolute Gasteiger partial charge is 0.311 e. The van der Waals surface area contributed by atoms with Crippen LogP contribution in [0.1, 0.15) is 71.6 Å². The molecule has 1 aromatic heterocycles. The van der Waals surface area contributed by atoms with E-state index in [9.17, 15) is 24.9 Å². The number of carbonyl (C=O) groups excluding carboxylic acids is 1. The SMILES string of the molecule is C[C@@H]1OC(CC(=O)O)=Cc2c1c(O)c1c3c(c4n(c23)[C@H]([C@@H](C)O)CC4)C=CC1=O. The van der Waals surface area contributed by atoms with Crippen molar-refractivity contribution in [3.63, 3.8) is 0 Å². The van der Waals surface area contributed by atoms with Crippen molar-refractivity contribution in [1.29, 1.82) is 0 Å². The number of rotatable bonds is 3. The van der Waals surface area contributed by atoms with Gasteiger partial charge < -0.3 is 24.6 Å². The third-order valence-electron chi connectivity index (χ3n) is 6.21. The number of allylic oxidation sites excluding steroid dienone is 1. The molecule has 0 amide bonds. The molecule has 2 aliphatic heterocycles. The Morgan fingerprint density at radius 3 is 2.79 bits per heavy atom. The maximum Gasteiger partial charge on any atom is 0.311 e. The van der Waals surface area contributed by atoms with Gasteiger partial charge in [0.1, 0.15) is 24.0 Å². The number of nitrogens with zero attached hydrogens (tertiary/aromatic N) is 1. The number of carboxylic acid groups (broad SMARTS) is 1. The second-order valence-electron chi connectivity index (χ2n) is 7.99. The highest BCUT2D eigenvalue weighted by Gasteiger charge is 2.38. The first-order valence-electron chi connectivity index (χ1n) is 9.74. The van der Waals surface area contributed by atoms with E-state index in [1.54, 1.807) is 26.0 Å². The molecule has 0 saturated heterocycles. The van der Waals surface area contributed by atoms with E-state index in [4.69, 9.17) is 4.74 Å². The van der Waals surface area contributed by atoms with Crippen LogP contribution < -0.4 is 0 Å². The van der Waals surface area contributed by atoms with Crippen molar-refractivity contribution in [2.24, 2.45) is 0 Å². The van der Waals surface area contributed by atoms with Crippen LogP contribution in [0.3, 0.4) is 0 Å². The van der Waals surface area contributed by atoms with Crippen LogP contribution in [0.2, 0.25) is 0 Å². The lowest BCUT2D eigenvalue weighted by molar-refractivity contribution is -0.137. The van der Waals surface area contributed by atoms with Gasteiger partial charge >= 0.3 is 5.97 Å². The first kappa shape index (κ1) is 18.0. The van der Waals surface area contributed by atoms with Crippen molar-refractivity contribution < 1.29 is 29.6 Å². The van der Waals surface area contributed by atoms with E-state index in [1.165, 1.54) is 6.08 Å². The van der Waals surface area contributed by atoms with Crippen LogP contribution in [0.15, 0.2) is 11.8 Å². The molecule has 3 heterocycles. The number of benzene rings is 1. The molecular weight excluding hydrogens is 374 g/mol. The van der Waals surface area contributed by atoms with E-state index >= 15 is 0 Å². The Morgan fingerprint density at radius 2 is 2.10 bits per heavy atom. The number of carbonyl (C=O) groups is 2. The van der Waals surface area contributed by atoms with Gasteiger partial charge in [0.2, 0.25) is 0 Å². The van der Waals surface area contributed by atoms with E-state index in [-0.39, 0.29) is 29.6 Å². The number of ether oxygens (including phenoxy) is 1. The van der Waals surface area contributed by atoms with Gasteiger partial charge in [-0.25, -0.2) is 0 Å². The molecule has 29 heavy (non-hydrogen) atoms. The summed E-state index contributed by atoms with van der Waals surface area (Å²) in [4.78, 5) is 23.9. The molecule has 3 N–H and O–H groups in total. The van der Waals surface area contributed by atoms with Gasteiger partial charge in [-0.15, -0.1) is 0 Å². The number of fused-ring (bicyclic) bond motifs is 5. The molecule has 0 saturated carbocycles. The summed E-state index contributed by atoms with van der Waals surface area (Å²) in [5.41, 5.74) is 4.08. The minimum atomic E-state index is -1.01. The number of aliphatic hydroxyl groups excluding tert-OH is 1. The Bertz CT molecular complexity index is 1170. The molecule has 3 aliphatic rings. The second-order valence-corrected chi connectivity index (χ2v) is 7.99. The summed E-state index contributed by atoms with van der Waals surface area (Å²) >= 11 is 0. The number of aliphatic carboxylic acids is 1. The molecule has 2 aromatic rings. The van der Waals surface area contributed by atoms with Crippen LogP contribution in [-0.2, 0) is 16.0 Å². The summed E-state index contributed by atoms with van der Waals surface area (Å²) in [6.07, 6.45) is 4.97. The van der Waals surface area contributed by atoms with Gasteiger partial charge in [-0.1, -0.05) is 0 Å². The van der Waals surface area contributed by atoms with Gasteiger partial charge in [0, 0.05) is 27.8 Å². The Kier molecular flexibility index (Phi) is 3.70. The minimum absolute atomic E-state index is 0.112. The summed E-state index contributed by atoms with van der Waals surface area (Å²) in [6.45, 7) is 3.48. The Balaban J connectivity index is 1.94. The number of aromatic nitrogens is 1. The fourth-order valence-corrected chi connectivity index (χ4v) is 5.12. The third kappa shape index (κ3) is 2.34. The molecule has 5 rings (SSSR count). The molecule has 7 heteroatoms. The van der Waals surface area contributed by atoms with E-state index in [2.05, 4.69) is 4.57 Å². The molecule has 1 aromatic carbocycles. The van der Waals surface area contributed by atoms with Crippen molar-refractivity contribution in [2.75, 3.05) is 0 Å². The van der Waals surface area contributed by atoms with Crippen molar-refractivity contribution in [3.8, 4) is 5.75 Å². The number of aliphatic hydroxyl groups is 1. The average Bonchev–Trinajstić information content (AvgIpc) is 3.18. The maximum absolute atomic E-state index is 12.7. The van der Waals surface area contributed by atoms with E-state index in [0.717, 1.165) is 29.6 Å². The summed E-state index contributed by atoms with van der Waals surface area (Å²) in [7, 11) is 0. The summed E-state index contributed by atoms with van der Waals surface area (Å²) in [5, 5.41) is 31.3. The molecule has 0 bridgehead atoms. The summed E-state index contributed by atoms with van der Waals surface area (Å²) in [6, 6.07) is -0.154. The zero-order chi connectivity index (χ0) is 20.6. The van der Waals surface area contributed by atoms with Crippen LogP contribution in [0, 0.1) is 0 Å². The molecule has 0 radical (unpaired) electrons. The summed E-state index contributed by atoms with van der Waals surface area (Å²) < 4.78 is 7.82. The Labute approximate surface area is 166 Å². The molecule has 0 unspecified atom stereocenters. The molecule has 0 spiro atoms. The fraction of sp³-hybridized carbons (Fsp3) is 0.364. The van der Waals surface area contributed by atoms with Crippen LogP contribution >= 0.6 is 0 Å². The Hall–Kier alpha value is -3.06. The highest BCUT2D eigenvalue weighted by molar-refractivity contribution is 6.23. The lowest BCUT2D eigenvalue weighted by Crippen LogP contribution is -2.19. The maximum atomic E-state index is 12.7. The number of phenolic OH excluding ortho intramolecular Hbond substituents is 1. The van der Waals surface area contributed by atoms with Crippen LogP contribution in [-0.4, -0.2) is 37.7 Å². The van der Waals surface area contributed by atoms with Gasteiger partial charge in [0.25, 0.3) is 0 Å². The molecule has 3 atom stereocenters. The largest absolute Gasteiger partial charge is 0.507 e. The molecule has 7 nitrogen and oxygen atoms in total. The zero-order valence-corrected chi connectivity index (χ0v) is 16.1. The fourth-order valence-electron chi connectivity index (χ4n) is 5.12. The van der Waals surface area contributed by atoms with Crippen molar-refractivity contribution in [1.82, 2.24) is 4.57 Å². The topological polar surface area (TPSA) is 109 Å². The van der Waals surface area contributed by atoms with E-state index in [1.807, 2.05) is 0 Å². The lowest BCUT2D eigenvalue weighted by atomic mass is 9.86. The van der Waals surface area contributed by atoms with Crippen molar-refractivity contribution in [2.45, 2.75) is 51.4 Å². The average molecular weight is 395 g/mol. The number of hydrogen-bond acceptors (Lipinski definition) is 5. The molecule has 150 valence electrons. The highest BCUT2D eigenvalue weighted by Crippen LogP contribution is 2.51. The molecule has 0 fully saturated rings. The summed E-state index contributed by atoms with van der Waals surface area (Å²) in [5.74, 6) is -1.09. The van der Waals surface area contributed by atoms with Gasteiger partial charge in [0.05, 0.1) is 23.2 Å². The monoisotopic (exact) mass is 395 g/mol. The van der Waals surface area contributed by atoms with Crippen LogP contribution in [0.25, 0.3) is 23.1 Å². The van der Waals surface area contributed by atoms with Crippen molar-refractivity contribution in [3.05, 3.63) is 39.8 Å².